The summed E-state index contributed by atoms with van der Waals surface area (Å²) in [5.41, 5.74) is 7.18. The predicted molar refractivity (Wildman–Crippen MR) is 67.4 cm³/mol. The second-order valence-electron chi connectivity index (χ2n) is 5.62. The van der Waals surface area contributed by atoms with Crippen LogP contribution in [-0.4, -0.2) is 4.98 Å². The van der Waals surface area contributed by atoms with E-state index >= 15 is 0 Å². The van der Waals surface area contributed by atoms with Gasteiger partial charge in [0, 0.05) is 15.8 Å². The molecule has 2 N–H and O–H groups in total. The van der Waals surface area contributed by atoms with E-state index in [2.05, 4.69) is 27.7 Å². The molecule has 0 saturated heterocycles. The number of hydrogen-bond acceptors (Lipinski definition) is 3. The fourth-order valence-electron chi connectivity index (χ4n) is 1.42. The van der Waals surface area contributed by atoms with Gasteiger partial charge in [0.1, 0.15) is 0 Å². The molecule has 0 unspecified atom stereocenters. The lowest BCUT2D eigenvalue weighted by molar-refractivity contribution is 0.558. The highest BCUT2D eigenvalue weighted by atomic mass is 32.1. The van der Waals surface area contributed by atoms with Gasteiger partial charge in [-0.1, -0.05) is 27.7 Å². The van der Waals surface area contributed by atoms with E-state index in [0.717, 1.165) is 12.1 Å². The third-order valence-corrected chi connectivity index (χ3v) is 4.12. The predicted octanol–water partition coefficient (Wildman–Crippen LogP) is 3.20. The van der Waals surface area contributed by atoms with Crippen LogP contribution in [0.4, 0.5) is 0 Å². The lowest BCUT2D eigenvalue weighted by atomic mass is 9.98. The van der Waals surface area contributed by atoms with Gasteiger partial charge in [-0.05, 0) is 20.3 Å². The maximum Gasteiger partial charge on any atom is 0.0985 e. The molecule has 3 heteroatoms. The first-order valence-electron chi connectivity index (χ1n) is 5.45. The molecular formula is C12H22N2S. The molecule has 1 rings (SSSR count). The largest absolute Gasteiger partial charge is 0.321 e. The van der Waals surface area contributed by atoms with Crippen molar-refractivity contribution in [3.8, 4) is 0 Å². The minimum absolute atomic E-state index is 0.123. The molecule has 1 aromatic heterocycles. The number of nitrogens with two attached hydrogens (primary N) is 1. The topological polar surface area (TPSA) is 38.9 Å². The second kappa shape index (κ2) is 3.87. The first-order valence-corrected chi connectivity index (χ1v) is 6.27. The van der Waals surface area contributed by atoms with Crippen molar-refractivity contribution in [2.45, 2.75) is 58.9 Å². The van der Waals surface area contributed by atoms with Crippen molar-refractivity contribution in [3.05, 3.63) is 15.6 Å². The summed E-state index contributed by atoms with van der Waals surface area (Å²) in [6.07, 6.45) is 0.961. The van der Waals surface area contributed by atoms with Crippen LogP contribution in [0.25, 0.3) is 0 Å². The SMILES string of the molecule is CCc1nc(C(C)(C)C)sc1C(C)(C)N. The highest BCUT2D eigenvalue weighted by Crippen LogP contribution is 2.34. The number of thiazole rings is 1. The van der Waals surface area contributed by atoms with Gasteiger partial charge < -0.3 is 5.73 Å². The fraction of sp³-hybridized carbons (Fsp3) is 0.750. The number of rotatable bonds is 2. The zero-order valence-electron chi connectivity index (χ0n) is 10.6. The Bertz CT molecular complexity index is 339. The average molecular weight is 226 g/mol. The van der Waals surface area contributed by atoms with Gasteiger partial charge in [0.2, 0.25) is 0 Å². The Hall–Kier alpha value is -0.410. The Labute approximate surface area is 96.9 Å². The standard InChI is InChI=1S/C12H22N2S/c1-7-8-9(12(5,6)13)15-10(14-8)11(2,3)4/h7,13H2,1-6H3. The van der Waals surface area contributed by atoms with Crippen LogP contribution in [0.2, 0.25) is 0 Å². The molecule has 0 amide bonds. The molecule has 0 aliphatic carbocycles. The third kappa shape index (κ3) is 2.79. The Kier molecular flexibility index (Phi) is 3.27. The van der Waals surface area contributed by atoms with Crippen LogP contribution in [0.5, 0.6) is 0 Å². The summed E-state index contributed by atoms with van der Waals surface area (Å²) in [4.78, 5) is 5.94. The highest BCUT2D eigenvalue weighted by molar-refractivity contribution is 7.12. The molecule has 0 bridgehead atoms. The molecule has 0 atom stereocenters. The zero-order valence-corrected chi connectivity index (χ0v) is 11.5. The minimum Gasteiger partial charge on any atom is -0.321 e. The maximum absolute atomic E-state index is 6.16. The van der Waals surface area contributed by atoms with Gasteiger partial charge in [-0.2, -0.15) is 0 Å². The van der Waals surface area contributed by atoms with Gasteiger partial charge in [-0.15, -0.1) is 11.3 Å². The Morgan fingerprint density at radius 2 is 1.73 bits per heavy atom. The lowest BCUT2D eigenvalue weighted by Crippen LogP contribution is -2.28. The molecule has 2 nitrogen and oxygen atoms in total. The van der Waals surface area contributed by atoms with Crippen molar-refractivity contribution in [2.24, 2.45) is 5.73 Å². The van der Waals surface area contributed by atoms with E-state index in [0.29, 0.717) is 0 Å². The van der Waals surface area contributed by atoms with Crippen molar-refractivity contribution >= 4 is 11.3 Å². The summed E-state index contributed by atoms with van der Waals surface area (Å²) in [7, 11) is 0. The van der Waals surface area contributed by atoms with Crippen molar-refractivity contribution in [1.29, 1.82) is 0 Å². The van der Waals surface area contributed by atoms with E-state index < -0.39 is 0 Å². The van der Waals surface area contributed by atoms with E-state index in [9.17, 15) is 0 Å². The summed E-state index contributed by atoms with van der Waals surface area (Å²) in [5.74, 6) is 0. The molecule has 0 aliphatic heterocycles. The first kappa shape index (κ1) is 12.7. The maximum atomic E-state index is 6.16. The van der Waals surface area contributed by atoms with Crippen LogP contribution < -0.4 is 5.73 Å². The quantitative estimate of drug-likeness (QED) is 0.841. The van der Waals surface area contributed by atoms with E-state index in [1.807, 2.05) is 13.8 Å². The molecule has 1 heterocycles. The van der Waals surface area contributed by atoms with Gasteiger partial charge in [0.05, 0.1) is 10.7 Å². The molecule has 0 saturated carbocycles. The van der Waals surface area contributed by atoms with Gasteiger partial charge in [-0.3, -0.25) is 0 Å². The molecule has 0 spiro atoms. The fourth-order valence-corrected chi connectivity index (χ4v) is 2.64. The summed E-state index contributed by atoms with van der Waals surface area (Å²) in [6, 6.07) is 0. The van der Waals surface area contributed by atoms with Gasteiger partial charge >= 0.3 is 0 Å². The van der Waals surface area contributed by atoms with Crippen molar-refractivity contribution in [1.82, 2.24) is 4.98 Å². The minimum atomic E-state index is -0.271. The Morgan fingerprint density at radius 1 is 1.20 bits per heavy atom. The van der Waals surface area contributed by atoms with Crippen LogP contribution in [-0.2, 0) is 17.4 Å². The molecule has 0 aromatic carbocycles. The van der Waals surface area contributed by atoms with Gasteiger partial charge in [0.15, 0.2) is 0 Å². The van der Waals surface area contributed by atoms with Crippen molar-refractivity contribution < 1.29 is 0 Å². The molecule has 1 aromatic rings. The molecule has 0 radical (unpaired) electrons. The number of aryl methyl sites for hydroxylation is 1. The average Bonchev–Trinajstić information content (AvgIpc) is 2.44. The van der Waals surface area contributed by atoms with Crippen LogP contribution in [0, 0.1) is 0 Å². The molecular weight excluding hydrogens is 204 g/mol. The van der Waals surface area contributed by atoms with E-state index in [1.165, 1.54) is 9.88 Å². The number of nitrogens with zero attached hydrogens (tertiary/aromatic N) is 1. The highest BCUT2D eigenvalue weighted by Gasteiger charge is 2.26. The smallest absolute Gasteiger partial charge is 0.0985 e. The Balaban J connectivity index is 3.24. The van der Waals surface area contributed by atoms with Crippen LogP contribution in [0.15, 0.2) is 0 Å². The van der Waals surface area contributed by atoms with Crippen LogP contribution in [0.1, 0.15) is 57.1 Å². The molecule has 0 aliphatic rings. The monoisotopic (exact) mass is 226 g/mol. The normalized spacial score (nSPS) is 13.3. The summed E-state index contributed by atoms with van der Waals surface area (Å²) >= 11 is 1.76. The third-order valence-electron chi connectivity index (χ3n) is 2.26. The first-order chi connectivity index (χ1) is 6.66. The zero-order chi connectivity index (χ0) is 11.9. The number of hydrogen-bond donors (Lipinski definition) is 1. The number of aromatic nitrogens is 1. The summed E-state index contributed by atoms with van der Waals surface area (Å²) < 4.78 is 0. The lowest BCUT2D eigenvalue weighted by Gasteiger charge is -2.18. The van der Waals surface area contributed by atoms with E-state index in [-0.39, 0.29) is 11.0 Å². The summed E-state index contributed by atoms with van der Waals surface area (Å²) in [5, 5.41) is 1.19. The van der Waals surface area contributed by atoms with Crippen LogP contribution >= 0.6 is 11.3 Å². The summed E-state index contributed by atoms with van der Waals surface area (Å²) in [6.45, 7) is 12.8. The van der Waals surface area contributed by atoms with Crippen LogP contribution in [0.3, 0.4) is 0 Å². The van der Waals surface area contributed by atoms with Gasteiger partial charge in [0.25, 0.3) is 0 Å². The molecule has 15 heavy (non-hydrogen) atoms. The van der Waals surface area contributed by atoms with E-state index in [1.54, 1.807) is 11.3 Å². The Morgan fingerprint density at radius 3 is 2.00 bits per heavy atom. The van der Waals surface area contributed by atoms with Crippen molar-refractivity contribution in [3.63, 3.8) is 0 Å². The van der Waals surface area contributed by atoms with E-state index in [4.69, 9.17) is 10.7 Å². The van der Waals surface area contributed by atoms with Gasteiger partial charge in [-0.25, -0.2) is 4.98 Å². The van der Waals surface area contributed by atoms with Crippen molar-refractivity contribution in [2.75, 3.05) is 0 Å². The molecule has 0 fully saturated rings. The molecule has 86 valence electrons. The second-order valence-corrected chi connectivity index (χ2v) is 6.62.